The summed E-state index contributed by atoms with van der Waals surface area (Å²) in [4.78, 5) is 34.7. The summed E-state index contributed by atoms with van der Waals surface area (Å²) in [7, 11) is 0. The molecule has 4 aromatic rings. The van der Waals surface area contributed by atoms with Gasteiger partial charge in [0, 0.05) is 12.4 Å². The summed E-state index contributed by atoms with van der Waals surface area (Å²) < 4.78 is 0. The van der Waals surface area contributed by atoms with E-state index in [2.05, 4.69) is 9.97 Å². The maximum absolute atomic E-state index is 12.9. The fraction of sp³-hybridized carbons (Fsp3) is 0.0435. The third-order valence-corrected chi connectivity index (χ3v) is 5.19. The first-order valence-corrected chi connectivity index (χ1v) is 9.25. The van der Waals surface area contributed by atoms with Crippen molar-refractivity contribution in [2.24, 2.45) is 0 Å². The summed E-state index contributed by atoms with van der Waals surface area (Å²) >= 11 is 0. The summed E-state index contributed by atoms with van der Waals surface area (Å²) in [5.41, 5.74) is 2.28. The molecular formula is C23H15N3O4. The van der Waals surface area contributed by atoms with E-state index in [1.807, 2.05) is 54.6 Å². The largest absolute Gasteiger partial charge is 0.505 e. The second-order valence-corrected chi connectivity index (χ2v) is 6.96. The molecule has 0 spiro atoms. The third kappa shape index (κ3) is 2.60. The molecule has 0 bridgehead atoms. The second-order valence-electron chi connectivity index (χ2n) is 6.96. The van der Waals surface area contributed by atoms with Crippen LogP contribution in [-0.4, -0.2) is 36.9 Å². The number of hydrogen-bond donors (Lipinski definition) is 2. The van der Waals surface area contributed by atoms with Crippen LogP contribution in [0.15, 0.2) is 67.0 Å². The van der Waals surface area contributed by atoms with E-state index in [0.29, 0.717) is 0 Å². The first-order chi connectivity index (χ1) is 14.6. The predicted molar refractivity (Wildman–Crippen MR) is 109 cm³/mol. The molecule has 0 atom stereocenters. The summed E-state index contributed by atoms with van der Waals surface area (Å²) in [6, 6.07) is 17.4. The normalized spacial score (nSPS) is 13.1. The highest BCUT2D eigenvalue weighted by atomic mass is 16.3. The van der Waals surface area contributed by atoms with Crippen LogP contribution in [0, 0.1) is 0 Å². The van der Waals surface area contributed by atoms with Gasteiger partial charge >= 0.3 is 0 Å². The van der Waals surface area contributed by atoms with Gasteiger partial charge in [-0.3, -0.25) is 14.5 Å². The van der Waals surface area contributed by atoms with Gasteiger partial charge in [0.25, 0.3) is 11.8 Å². The molecule has 2 amide bonds. The minimum Gasteiger partial charge on any atom is -0.505 e. The summed E-state index contributed by atoms with van der Waals surface area (Å²) in [5.74, 6) is -2.26. The van der Waals surface area contributed by atoms with Crippen molar-refractivity contribution in [2.45, 2.75) is 6.54 Å². The van der Waals surface area contributed by atoms with Crippen LogP contribution in [-0.2, 0) is 6.54 Å². The van der Waals surface area contributed by atoms with E-state index in [9.17, 15) is 19.8 Å². The first kappa shape index (κ1) is 17.8. The van der Waals surface area contributed by atoms with Crippen molar-refractivity contribution >= 4 is 22.8 Å². The van der Waals surface area contributed by atoms with Gasteiger partial charge in [0.15, 0.2) is 11.5 Å². The molecule has 1 aliphatic heterocycles. The molecule has 0 saturated heterocycles. The highest BCUT2D eigenvalue weighted by Crippen LogP contribution is 2.42. The minimum atomic E-state index is -0.678. The zero-order valence-corrected chi connectivity index (χ0v) is 15.6. The second kappa shape index (κ2) is 6.66. The lowest BCUT2D eigenvalue weighted by molar-refractivity contribution is 0.0641. The van der Waals surface area contributed by atoms with Crippen molar-refractivity contribution in [3.8, 4) is 22.6 Å². The van der Waals surface area contributed by atoms with Gasteiger partial charge in [-0.05, 0) is 16.7 Å². The molecule has 0 saturated carbocycles. The quantitative estimate of drug-likeness (QED) is 0.405. The number of fused-ring (bicyclic) bond motifs is 2. The number of rotatable bonds is 3. The monoisotopic (exact) mass is 397 g/mol. The fourth-order valence-electron chi connectivity index (χ4n) is 3.70. The molecule has 2 N–H and O–H groups in total. The van der Waals surface area contributed by atoms with E-state index in [0.717, 1.165) is 21.6 Å². The van der Waals surface area contributed by atoms with Crippen LogP contribution in [0.1, 0.15) is 26.3 Å². The molecular weight excluding hydrogens is 382 g/mol. The summed E-state index contributed by atoms with van der Waals surface area (Å²) in [6.07, 6.45) is 2.67. The fourth-order valence-corrected chi connectivity index (χ4v) is 3.70. The van der Waals surface area contributed by atoms with Crippen molar-refractivity contribution in [1.29, 1.82) is 0 Å². The molecule has 5 rings (SSSR count). The van der Waals surface area contributed by atoms with Gasteiger partial charge < -0.3 is 10.2 Å². The summed E-state index contributed by atoms with van der Waals surface area (Å²) in [6.45, 7) is 0.0114. The Hall–Kier alpha value is -4.26. The molecule has 1 aromatic heterocycles. The van der Waals surface area contributed by atoms with E-state index < -0.39 is 23.3 Å². The van der Waals surface area contributed by atoms with Gasteiger partial charge in [-0.15, -0.1) is 0 Å². The molecule has 0 fully saturated rings. The van der Waals surface area contributed by atoms with Gasteiger partial charge in [-0.25, -0.2) is 9.97 Å². The minimum absolute atomic E-state index is 0.0114. The van der Waals surface area contributed by atoms with Crippen LogP contribution < -0.4 is 0 Å². The first-order valence-electron chi connectivity index (χ1n) is 9.25. The zero-order chi connectivity index (χ0) is 20.8. The molecule has 146 valence electrons. The number of aromatic nitrogens is 2. The molecule has 2 heterocycles. The molecule has 7 heteroatoms. The Morgan fingerprint density at radius 3 is 1.73 bits per heavy atom. The Morgan fingerprint density at radius 2 is 1.20 bits per heavy atom. The van der Waals surface area contributed by atoms with Crippen LogP contribution in [0.3, 0.4) is 0 Å². The third-order valence-electron chi connectivity index (χ3n) is 5.19. The lowest BCUT2D eigenvalue weighted by atomic mass is 10.0. The van der Waals surface area contributed by atoms with Crippen molar-refractivity contribution in [1.82, 2.24) is 14.9 Å². The topological polar surface area (TPSA) is 104 Å². The number of amides is 2. The Kier molecular flexibility index (Phi) is 3.96. The smallest absolute Gasteiger partial charge is 0.265 e. The molecule has 1 aliphatic rings. The Labute approximate surface area is 170 Å². The standard InChI is InChI=1S/C23H15N3O4/c27-20-16-17(21(28)19-18(20)24-10-11-25-19)23(30)26(22(16)29)12-13-6-8-15(9-7-13)14-4-2-1-3-5-14/h1-11,27-28H,12H2. The molecule has 0 unspecified atom stereocenters. The number of benzene rings is 3. The number of phenolic OH excluding ortho intramolecular Hbond substituents is 2. The van der Waals surface area contributed by atoms with E-state index in [1.54, 1.807) is 0 Å². The van der Waals surface area contributed by atoms with Gasteiger partial charge in [-0.2, -0.15) is 0 Å². The Bertz CT molecular complexity index is 1260. The van der Waals surface area contributed by atoms with Gasteiger partial charge in [-0.1, -0.05) is 54.6 Å². The van der Waals surface area contributed by atoms with E-state index in [1.165, 1.54) is 12.4 Å². The number of aromatic hydroxyl groups is 2. The predicted octanol–water partition coefficient (Wildman–Crippen LogP) is 3.50. The van der Waals surface area contributed by atoms with Crippen LogP contribution in [0.4, 0.5) is 0 Å². The highest BCUT2D eigenvalue weighted by molar-refractivity contribution is 6.26. The number of phenols is 2. The van der Waals surface area contributed by atoms with Crippen LogP contribution in [0.25, 0.3) is 22.2 Å². The van der Waals surface area contributed by atoms with E-state index in [-0.39, 0.29) is 28.7 Å². The van der Waals surface area contributed by atoms with Crippen molar-refractivity contribution in [3.05, 3.63) is 83.7 Å². The molecule has 3 aromatic carbocycles. The van der Waals surface area contributed by atoms with Crippen LogP contribution >= 0.6 is 0 Å². The van der Waals surface area contributed by atoms with Crippen molar-refractivity contribution in [2.75, 3.05) is 0 Å². The average Bonchev–Trinajstić information content (AvgIpc) is 3.04. The Balaban J connectivity index is 1.50. The number of nitrogens with zero attached hydrogens (tertiary/aromatic N) is 3. The molecule has 0 aliphatic carbocycles. The number of carbonyl (C=O) groups is 2. The number of imide groups is 1. The van der Waals surface area contributed by atoms with E-state index >= 15 is 0 Å². The van der Waals surface area contributed by atoms with Crippen LogP contribution in [0.5, 0.6) is 11.5 Å². The van der Waals surface area contributed by atoms with Crippen molar-refractivity contribution in [3.63, 3.8) is 0 Å². The lowest BCUT2D eigenvalue weighted by Gasteiger charge is -2.14. The van der Waals surface area contributed by atoms with Crippen LogP contribution in [0.2, 0.25) is 0 Å². The maximum atomic E-state index is 12.9. The van der Waals surface area contributed by atoms with E-state index in [4.69, 9.17) is 0 Å². The number of hydrogen-bond acceptors (Lipinski definition) is 6. The van der Waals surface area contributed by atoms with Gasteiger partial charge in [0.05, 0.1) is 6.54 Å². The van der Waals surface area contributed by atoms with Crippen molar-refractivity contribution < 1.29 is 19.8 Å². The Morgan fingerprint density at radius 1 is 0.700 bits per heavy atom. The average molecular weight is 397 g/mol. The number of carbonyl (C=O) groups excluding carboxylic acids is 2. The molecule has 30 heavy (non-hydrogen) atoms. The molecule has 7 nitrogen and oxygen atoms in total. The highest BCUT2D eigenvalue weighted by Gasteiger charge is 2.42. The van der Waals surface area contributed by atoms with Gasteiger partial charge in [0.1, 0.15) is 22.2 Å². The molecule has 0 radical (unpaired) electrons. The summed E-state index contributed by atoms with van der Waals surface area (Å²) in [5, 5.41) is 21.0. The van der Waals surface area contributed by atoms with Gasteiger partial charge in [0.2, 0.25) is 0 Å². The lowest BCUT2D eigenvalue weighted by Crippen LogP contribution is -2.29. The SMILES string of the molecule is O=C1c2c(c(O)c3nccnc3c2O)C(=O)N1Cc1ccc(-c2ccccc2)cc1. The maximum Gasteiger partial charge on any atom is 0.265 e. The zero-order valence-electron chi connectivity index (χ0n) is 15.6.